The molecule has 0 fully saturated rings. The Bertz CT molecular complexity index is 812. The van der Waals surface area contributed by atoms with Gasteiger partial charge in [-0.3, -0.25) is 19.2 Å². The van der Waals surface area contributed by atoms with Crippen molar-refractivity contribution < 1.29 is 14.7 Å². The lowest BCUT2D eigenvalue weighted by atomic mass is 10.2. The van der Waals surface area contributed by atoms with Gasteiger partial charge in [-0.15, -0.1) is 0 Å². The fourth-order valence-electron chi connectivity index (χ4n) is 2.45. The summed E-state index contributed by atoms with van der Waals surface area (Å²) >= 11 is 3.38. The standard InChI is InChI=1S/C14H13BrN4O3/c1-18-12-8(13(15)17-18)3-2-4-9(12)16-10-7-11(21)19(5-6-20)14(10)22/h2-4,7,16,20H,5-6H2,1H3. The van der Waals surface area contributed by atoms with Gasteiger partial charge >= 0.3 is 0 Å². The number of nitrogens with one attached hydrogen (secondary N) is 1. The normalized spacial score (nSPS) is 14.9. The molecule has 1 aliphatic heterocycles. The van der Waals surface area contributed by atoms with E-state index in [1.165, 1.54) is 6.08 Å². The number of amides is 2. The maximum absolute atomic E-state index is 12.2. The molecule has 1 aromatic heterocycles. The van der Waals surface area contributed by atoms with Crippen molar-refractivity contribution in [1.82, 2.24) is 14.7 Å². The molecule has 1 aliphatic rings. The molecule has 8 heteroatoms. The number of benzene rings is 1. The van der Waals surface area contributed by atoms with Gasteiger partial charge in [0.15, 0.2) is 0 Å². The molecule has 0 saturated carbocycles. The van der Waals surface area contributed by atoms with Crippen LogP contribution in [0.4, 0.5) is 5.69 Å². The average Bonchev–Trinajstić information content (AvgIpc) is 2.92. The summed E-state index contributed by atoms with van der Waals surface area (Å²) in [6.45, 7) is -0.274. The zero-order valence-corrected chi connectivity index (χ0v) is 13.3. The number of aliphatic hydroxyl groups excluding tert-OH is 1. The number of β-amino-alcohol motifs (C(OH)–C–C–N with tert-alkyl or cyclic N) is 1. The molecular weight excluding hydrogens is 352 g/mol. The first kappa shape index (κ1) is 14.7. The molecule has 2 aromatic rings. The van der Waals surface area contributed by atoms with Crippen LogP contribution in [0.1, 0.15) is 0 Å². The highest BCUT2D eigenvalue weighted by Gasteiger charge is 2.31. The van der Waals surface area contributed by atoms with Crippen LogP contribution in [0.15, 0.2) is 34.6 Å². The number of nitrogens with zero attached hydrogens (tertiary/aromatic N) is 3. The smallest absolute Gasteiger partial charge is 0.277 e. The van der Waals surface area contributed by atoms with Crippen LogP contribution in [-0.4, -0.2) is 44.8 Å². The molecule has 7 nitrogen and oxygen atoms in total. The predicted molar refractivity (Wildman–Crippen MR) is 83.9 cm³/mol. The Hall–Kier alpha value is -2.19. The third kappa shape index (κ3) is 2.30. The highest BCUT2D eigenvalue weighted by molar-refractivity contribution is 9.10. The van der Waals surface area contributed by atoms with Gasteiger partial charge in [-0.05, 0) is 28.1 Å². The van der Waals surface area contributed by atoms with E-state index in [9.17, 15) is 9.59 Å². The summed E-state index contributed by atoms with van der Waals surface area (Å²) in [4.78, 5) is 24.9. The Morgan fingerprint density at radius 2 is 2.14 bits per heavy atom. The Labute approximate surface area is 134 Å². The second-order valence-electron chi connectivity index (χ2n) is 4.82. The summed E-state index contributed by atoms with van der Waals surface area (Å²) in [6, 6.07) is 5.56. The van der Waals surface area contributed by atoms with Gasteiger partial charge in [-0.25, -0.2) is 0 Å². The molecule has 2 N–H and O–H groups in total. The second kappa shape index (κ2) is 5.54. The van der Waals surface area contributed by atoms with Crippen LogP contribution in [0.5, 0.6) is 0 Å². The van der Waals surface area contributed by atoms with Crippen molar-refractivity contribution in [3.05, 3.63) is 34.6 Å². The quantitative estimate of drug-likeness (QED) is 0.790. The van der Waals surface area contributed by atoms with E-state index in [1.54, 1.807) is 11.7 Å². The predicted octanol–water partition coefficient (Wildman–Crippen LogP) is 0.993. The molecule has 0 saturated heterocycles. The van der Waals surface area contributed by atoms with Gasteiger partial charge in [0.2, 0.25) is 0 Å². The van der Waals surface area contributed by atoms with Gasteiger partial charge in [0.05, 0.1) is 24.4 Å². The summed E-state index contributed by atoms with van der Waals surface area (Å²) in [5, 5.41) is 17.1. The number of rotatable bonds is 4. The Balaban J connectivity index is 1.96. The molecule has 3 rings (SSSR count). The van der Waals surface area contributed by atoms with Crippen molar-refractivity contribution in [3.8, 4) is 0 Å². The van der Waals surface area contributed by atoms with Crippen LogP contribution in [0.25, 0.3) is 10.9 Å². The number of aliphatic hydroxyl groups is 1. The van der Waals surface area contributed by atoms with Crippen molar-refractivity contribution in [1.29, 1.82) is 0 Å². The van der Waals surface area contributed by atoms with Gasteiger partial charge in [0, 0.05) is 18.5 Å². The summed E-state index contributed by atoms with van der Waals surface area (Å²) in [5.41, 5.74) is 1.68. The van der Waals surface area contributed by atoms with E-state index < -0.39 is 11.8 Å². The third-order valence-corrected chi connectivity index (χ3v) is 4.01. The SMILES string of the molecule is Cn1nc(Br)c2cccc(NC3=CC(=O)N(CCO)C3=O)c21. The minimum Gasteiger partial charge on any atom is -0.395 e. The molecule has 0 radical (unpaired) electrons. The van der Waals surface area contributed by atoms with Gasteiger partial charge in [-0.2, -0.15) is 5.10 Å². The second-order valence-corrected chi connectivity index (χ2v) is 5.57. The summed E-state index contributed by atoms with van der Waals surface area (Å²) in [5.74, 6) is -0.878. The number of para-hydroxylation sites is 1. The van der Waals surface area contributed by atoms with Crippen molar-refractivity contribution in [3.63, 3.8) is 0 Å². The molecule has 0 unspecified atom stereocenters. The summed E-state index contributed by atoms with van der Waals surface area (Å²) < 4.78 is 2.40. The lowest BCUT2D eigenvalue weighted by molar-refractivity contribution is -0.137. The van der Waals surface area contributed by atoms with E-state index >= 15 is 0 Å². The molecule has 1 aromatic carbocycles. The van der Waals surface area contributed by atoms with Crippen LogP contribution >= 0.6 is 15.9 Å². The first-order valence-electron chi connectivity index (χ1n) is 6.59. The zero-order chi connectivity index (χ0) is 15.9. The van der Waals surface area contributed by atoms with Crippen molar-refractivity contribution in [2.45, 2.75) is 0 Å². The lowest BCUT2D eigenvalue weighted by Crippen LogP contribution is -2.34. The van der Waals surface area contributed by atoms with E-state index in [0.29, 0.717) is 10.3 Å². The van der Waals surface area contributed by atoms with Crippen LogP contribution in [0, 0.1) is 0 Å². The zero-order valence-electron chi connectivity index (χ0n) is 11.7. The van der Waals surface area contributed by atoms with Crippen LogP contribution in [0.3, 0.4) is 0 Å². The van der Waals surface area contributed by atoms with Crippen LogP contribution in [-0.2, 0) is 16.6 Å². The van der Waals surface area contributed by atoms with E-state index in [4.69, 9.17) is 5.11 Å². The van der Waals surface area contributed by atoms with E-state index in [2.05, 4.69) is 26.3 Å². The van der Waals surface area contributed by atoms with Crippen LogP contribution in [0.2, 0.25) is 0 Å². The topological polar surface area (TPSA) is 87.5 Å². The molecule has 0 bridgehead atoms. The Morgan fingerprint density at radius 1 is 1.36 bits per heavy atom. The molecule has 2 heterocycles. The molecule has 22 heavy (non-hydrogen) atoms. The maximum Gasteiger partial charge on any atom is 0.277 e. The van der Waals surface area contributed by atoms with Gasteiger partial charge in [0.1, 0.15) is 10.3 Å². The number of hydrogen-bond acceptors (Lipinski definition) is 5. The largest absolute Gasteiger partial charge is 0.395 e. The molecule has 114 valence electrons. The Kier molecular flexibility index (Phi) is 3.71. The minimum absolute atomic E-state index is 0.0131. The number of anilines is 1. The molecule has 0 atom stereocenters. The molecule has 2 amide bonds. The highest BCUT2D eigenvalue weighted by atomic mass is 79.9. The minimum atomic E-state index is -0.447. The van der Waals surface area contributed by atoms with Crippen molar-refractivity contribution in [2.75, 3.05) is 18.5 Å². The number of halogens is 1. The third-order valence-electron chi connectivity index (χ3n) is 3.42. The first-order chi connectivity index (χ1) is 10.5. The molecule has 0 aliphatic carbocycles. The summed E-state index contributed by atoms with van der Waals surface area (Å²) in [7, 11) is 1.80. The number of carbonyl (C=O) groups is 2. The van der Waals surface area contributed by atoms with E-state index in [0.717, 1.165) is 15.8 Å². The lowest BCUT2D eigenvalue weighted by Gasteiger charge is -2.14. The Morgan fingerprint density at radius 3 is 2.86 bits per heavy atom. The van der Waals surface area contributed by atoms with Gasteiger partial charge in [0.25, 0.3) is 11.8 Å². The van der Waals surface area contributed by atoms with E-state index in [-0.39, 0.29) is 18.8 Å². The average molecular weight is 365 g/mol. The van der Waals surface area contributed by atoms with Crippen molar-refractivity contribution in [2.24, 2.45) is 7.05 Å². The van der Waals surface area contributed by atoms with Crippen molar-refractivity contribution >= 4 is 44.3 Å². The fraction of sp³-hybridized carbons (Fsp3) is 0.214. The fourth-order valence-corrected chi connectivity index (χ4v) is 3.01. The molecule has 0 spiro atoms. The number of carbonyl (C=O) groups excluding carboxylic acids is 2. The maximum atomic E-state index is 12.2. The van der Waals surface area contributed by atoms with Gasteiger partial charge < -0.3 is 10.4 Å². The number of imide groups is 1. The number of aromatic nitrogens is 2. The number of aryl methyl sites for hydroxylation is 1. The highest BCUT2D eigenvalue weighted by Crippen LogP contribution is 2.30. The monoisotopic (exact) mass is 364 g/mol. The molecular formula is C14H13BrN4O3. The number of fused-ring (bicyclic) bond motifs is 1. The van der Waals surface area contributed by atoms with E-state index in [1.807, 2.05) is 18.2 Å². The van der Waals surface area contributed by atoms with Gasteiger partial charge in [-0.1, -0.05) is 6.07 Å². The number of hydrogen-bond donors (Lipinski definition) is 2. The van der Waals surface area contributed by atoms with Crippen LogP contribution < -0.4 is 5.32 Å². The summed E-state index contributed by atoms with van der Waals surface area (Å²) in [6.07, 6.45) is 1.24. The first-order valence-corrected chi connectivity index (χ1v) is 7.39.